The van der Waals surface area contributed by atoms with Gasteiger partial charge in [0, 0.05) is 19.4 Å². The number of hydrogen-bond donors (Lipinski definition) is 3. The average molecular weight is 285 g/mol. The standard InChI is InChI=1S/C14H27N3O3/c1-3-5-6-11(4-2)9-16-13(19)7-8-14(20)17-10-12(15)18/h11H,3-10H2,1-2H3,(H2,15,18)(H,16,19)(H,17,20)/t11-/m1/s1. The molecule has 0 bridgehead atoms. The van der Waals surface area contributed by atoms with Crippen LogP contribution in [0.5, 0.6) is 0 Å². The Morgan fingerprint density at radius 1 is 1.05 bits per heavy atom. The molecule has 0 rings (SSSR count). The Morgan fingerprint density at radius 3 is 2.15 bits per heavy atom. The van der Waals surface area contributed by atoms with E-state index in [4.69, 9.17) is 5.73 Å². The van der Waals surface area contributed by atoms with Crippen LogP contribution in [0.25, 0.3) is 0 Å². The molecule has 0 fully saturated rings. The number of amides is 3. The van der Waals surface area contributed by atoms with E-state index in [1.807, 2.05) is 0 Å². The summed E-state index contributed by atoms with van der Waals surface area (Å²) in [5, 5.41) is 5.20. The van der Waals surface area contributed by atoms with E-state index in [-0.39, 0.29) is 31.2 Å². The van der Waals surface area contributed by atoms with Crippen LogP contribution in [0.2, 0.25) is 0 Å². The first-order valence-corrected chi connectivity index (χ1v) is 7.31. The molecule has 0 aromatic carbocycles. The molecule has 0 aromatic heterocycles. The fraction of sp³-hybridized carbons (Fsp3) is 0.786. The zero-order valence-electron chi connectivity index (χ0n) is 12.5. The Hall–Kier alpha value is -1.59. The van der Waals surface area contributed by atoms with Gasteiger partial charge in [-0.05, 0) is 12.3 Å². The van der Waals surface area contributed by atoms with Gasteiger partial charge in [-0.25, -0.2) is 0 Å². The molecule has 0 unspecified atom stereocenters. The van der Waals surface area contributed by atoms with Crippen LogP contribution in [0.1, 0.15) is 52.4 Å². The second-order valence-corrected chi connectivity index (χ2v) is 4.96. The second kappa shape index (κ2) is 11.3. The van der Waals surface area contributed by atoms with Gasteiger partial charge in [0.15, 0.2) is 0 Å². The summed E-state index contributed by atoms with van der Waals surface area (Å²) in [7, 11) is 0. The molecule has 0 spiro atoms. The fourth-order valence-electron chi connectivity index (χ4n) is 1.79. The van der Waals surface area contributed by atoms with Crippen molar-refractivity contribution in [2.24, 2.45) is 11.7 Å². The van der Waals surface area contributed by atoms with Gasteiger partial charge in [0.25, 0.3) is 0 Å². The van der Waals surface area contributed by atoms with E-state index < -0.39 is 5.91 Å². The molecule has 116 valence electrons. The maximum absolute atomic E-state index is 11.6. The number of nitrogens with one attached hydrogen (secondary N) is 2. The maximum Gasteiger partial charge on any atom is 0.236 e. The lowest BCUT2D eigenvalue weighted by Crippen LogP contribution is -2.34. The monoisotopic (exact) mass is 285 g/mol. The van der Waals surface area contributed by atoms with Gasteiger partial charge in [-0.3, -0.25) is 14.4 Å². The molecule has 0 saturated carbocycles. The predicted molar refractivity (Wildman–Crippen MR) is 77.8 cm³/mol. The lowest BCUT2D eigenvalue weighted by Gasteiger charge is -2.15. The van der Waals surface area contributed by atoms with Crippen molar-refractivity contribution >= 4 is 17.7 Å². The Kier molecular flexibility index (Phi) is 10.4. The first kappa shape index (κ1) is 18.4. The Morgan fingerprint density at radius 2 is 1.65 bits per heavy atom. The van der Waals surface area contributed by atoms with Gasteiger partial charge in [0.05, 0.1) is 6.54 Å². The van der Waals surface area contributed by atoms with E-state index in [9.17, 15) is 14.4 Å². The molecule has 6 nitrogen and oxygen atoms in total. The van der Waals surface area contributed by atoms with Crippen molar-refractivity contribution in [1.29, 1.82) is 0 Å². The van der Waals surface area contributed by atoms with E-state index in [1.165, 1.54) is 6.42 Å². The SMILES string of the molecule is CCCC[C@@H](CC)CNC(=O)CCC(=O)NCC(N)=O. The summed E-state index contributed by atoms with van der Waals surface area (Å²) in [4.78, 5) is 33.4. The van der Waals surface area contributed by atoms with Crippen LogP contribution >= 0.6 is 0 Å². The third-order valence-corrected chi connectivity index (χ3v) is 3.17. The highest BCUT2D eigenvalue weighted by Crippen LogP contribution is 2.11. The van der Waals surface area contributed by atoms with Gasteiger partial charge in [0.1, 0.15) is 0 Å². The molecule has 0 saturated heterocycles. The normalized spacial score (nSPS) is 11.7. The van der Waals surface area contributed by atoms with E-state index in [2.05, 4.69) is 24.5 Å². The molecule has 0 heterocycles. The van der Waals surface area contributed by atoms with Crippen LogP contribution in [0.4, 0.5) is 0 Å². The number of carbonyl (C=O) groups excluding carboxylic acids is 3. The van der Waals surface area contributed by atoms with Crippen LogP contribution in [-0.2, 0) is 14.4 Å². The summed E-state index contributed by atoms with van der Waals surface area (Å²) in [6, 6.07) is 0. The van der Waals surface area contributed by atoms with Crippen LogP contribution in [-0.4, -0.2) is 30.8 Å². The minimum atomic E-state index is -0.593. The van der Waals surface area contributed by atoms with Crippen molar-refractivity contribution in [2.45, 2.75) is 52.4 Å². The van der Waals surface area contributed by atoms with Crippen molar-refractivity contribution in [2.75, 3.05) is 13.1 Å². The smallest absolute Gasteiger partial charge is 0.236 e. The zero-order chi connectivity index (χ0) is 15.4. The van der Waals surface area contributed by atoms with Gasteiger partial charge < -0.3 is 16.4 Å². The first-order chi connectivity index (χ1) is 9.49. The lowest BCUT2D eigenvalue weighted by atomic mass is 9.99. The fourth-order valence-corrected chi connectivity index (χ4v) is 1.79. The molecule has 3 amide bonds. The highest BCUT2D eigenvalue weighted by molar-refractivity contribution is 5.86. The number of rotatable bonds is 11. The maximum atomic E-state index is 11.6. The van der Waals surface area contributed by atoms with Gasteiger partial charge in [0.2, 0.25) is 17.7 Å². The van der Waals surface area contributed by atoms with E-state index in [1.54, 1.807) is 0 Å². The van der Waals surface area contributed by atoms with Gasteiger partial charge in [-0.1, -0.05) is 33.1 Å². The number of primary amides is 1. The van der Waals surface area contributed by atoms with Crippen molar-refractivity contribution in [3.63, 3.8) is 0 Å². The topological polar surface area (TPSA) is 101 Å². The zero-order valence-corrected chi connectivity index (χ0v) is 12.5. The summed E-state index contributed by atoms with van der Waals surface area (Å²) >= 11 is 0. The Bertz CT molecular complexity index is 319. The van der Waals surface area contributed by atoms with E-state index in [0.717, 1.165) is 19.3 Å². The summed E-state index contributed by atoms with van der Waals surface area (Å²) in [6.45, 7) is 4.74. The molecule has 20 heavy (non-hydrogen) atoms. The lowest BCUT2D eigenvalue weighted by molar-refractivity contribution is -0.127. The number of carbonyl (C=O) groups is 3. The highest BCUT2D eigenvalue weighted by atomic mass is 16.2. The van der Waals surface area contributed by atoms with Gasteiger partial charge in [-0.15, -0.1) is 0 Å². The summed E-state index contributed by atoms with van der Waals surface area (Å²) in [6.07, 6.45) is 4.69. The number of unbranched alkanes of at least 4 members (excludes halogenated alkanes) is 1. The van der Waals surface area contributed by atoms with Crippen LogP contribution in [0, 0.1) is 5.92 Å². The minimum Gasteiger partial charge on any atom is -0.368 e. The largest absolute Gasteiger partial charge is 0.368 e. The van der Waals surface area contributed by atoms with Crippen molar-refractivity contribution in [3.05, 3.63) is 0 Å². The minimum absolute atomic E-state index is 0.0743. The van der Waals surface area contributed by atoms with E-state index >= 15 is 0 Å². The highest BCUT2D eigenvalue weighted by Gasteiger charge is 2.10. The number of nitrogens with two attached hydrogens (primary N) is 1. The van der Waals surface area contributed by atoms with Crippen LogP contribution < -0.4 is 16.4 Å². The second-order valence-electron chi connectivity index (χ2n) is 4.96. The summed E-state index contributed by atoms with van der Waals surface area (Å²) < 4.78 is 0. The Labute approximate surface area is 120 Å². The van der Waals surface area contributed by atoms with Gasteiger partial charge in [-0.2, -0.15) is 0 Å². The number of hydrogen-bond acceptors (Lipinski definition) is 3. The molecule has 1 atom stereocenters. The Balaban J connectivity index is 3.76. The quantitative estimate of drug-likeness (QED) is 0.521. The summed E-state index contributed by atoms with van der Waals surface area (Å²) in [5.41, 5.74) is 4.90. The average Bonchev–Trinajstić information content (AvgIpc) is 2.43. The molecule has 4 N–H and O–H groups in total. The summed E-state index contributed by atoms with van der Waals surface area (Å²) in [5.74, 6) is -0.557. The third-order valence-electron chi connectivity index (χ3n) is 3.17. The van der Waals surface area contributed by atoms with Gasteiger partial charge >= 0.3 is 0 Å². The van der Waals surface area contributed by atoms with Crippen LogP contribution in [0.15, 0.2) is 0 Å². The van der Waals surface area contributed by atoms with Crippen LogP contribution in [0.3, 0.4) is 0 Å². The molecule has 0 aromatic rings. The third kappa shape index (κ3) is 10.3. The van der Waals surface area contributed by atoms with Crippen molar-refractivity contribution in [1.82, 2.24) is 10.6 Å². The molecule has 0 aliphatic rings. The van der Waals surface area contributed by atoms with Crippen molar-refractivity contribution < 1.29 is 14.4 Å². The molecular formula is C14H27N3O3. The molecule has 0 aliphatic heterocycles. The first-order valence-electron chi connectivity index (χ1n) is 7.31. The molecule has 0 aliphatic carbocycles. The predicted octanol–water partition coefficient (Wildman–Crippen LogP) is 0.701. The molecule has 6 heteroatoms. The molecular weight excluding hydrogens is 258 g/mol. The molecule has 0 radical (unpaired) electrons. The van der Waals surface area contributed by atoms with E-state index in [0.29, 0.717) is 12.5 Å². The van der Waals surface area contributed by atoms with Crippen molar-refractivity contribution in [3.8, 4) is 0 Å².